The molecule has 0 aromatic heterocycles. The summed E-state index contributed by atoms with van der Waals surface area (Å²) in [5.41, 5.74) is 8.43. The predicted molar refractivity (Wildman–Crippen MR) is 98.0 cm³/mol. The Balaban J connectivity index is 1.57. The van der Waals surface area contributed by atoms with Gasteiger partial charge in [-0.05, 0) is 48.2 Å². The Bertz CT molecular complexity index is 742. The van der Waals surface area contributed by atoms with Crippen molar-refractivity contribution >= 4 is 21.8 Å². The number of halogens is 1. The van der Waals surface area contributed by atoms with Crippen LogP contribution in [0, 0.1) is 0 Å². The van der Waals surface area contributed by atoms with E-state index in [1.807, 2.05) is 36.4 Å². The SMILES string of the molecule is CC(N)(C(=O)NCCc1ccc2c(c1)CCO2)c1ccc(Br)cc1. The van der Waals surface area contributed by atoms with Gasteiger partial charge in [0.05, 0.1) is 6.61 Å². The third-order valence-electron chi connectivity index (χ3n) is 4.37. The third kappa shape index (κ3) is 3.62. The van der Waals surface area contributed by atoms with Crippen LogP contribution in [-0.2, 0) is 23.2 Å². The number of benzene rings is 2. The molecular formula is C19H21BrN2O2. The second-order valence-corrected chi connectivity index (χ2v) is 7.17. The molecule has 0 fully saturated rings. The van der Waals surface area contributed by atoms with E-state index in [1.165, 1.54) is 11.1 Å². The molecule has 0 spiro atoms. The smallest absolute Gasteiger partial charge is 0.244 e. The van der Waals surface area contributed by atoms with Gasteiger partial charge in [0.1, 0.15) is 11.3 Å². The molecule has 0 radical (unpaired) electrons. The van der Waals surface area contributed by atoms with E-state index in [-0.39, 0.29) is 5.91 Å². The summed E-state index contributed by atoms with van der Waals surface area (Å²) in [6.07, 6.45) is 1.73. The molecule has 0 bridgehead atoms. The van der Waals surface area contributed by atoms with Crippen LogP contribution in [-0.4, -0.2) is 19.1 Å². The van der Waals surface area contributed by atoms with Gasteiger partial charge in [-0.25, -0.2) is 0 Å². The first-order valence-electron chi connectivity index (χ1n) is 8.04. The summed E-state index contributed by atoms with van der Waals surface area (Å²) in [4.78, 5) is 12.5. The molecule has 2 aromatic rings. The fourth-order valence-electron chi connectivity index (χ4n) is 2.83. The molecule has 24 heavy (non-hydrogen) atoms. The Labute approximate surface area is 150 Å². The zero-order valence-electron chi connectivity index (χ0n) is 13.6. The van der Waals surface area contributed by atoms with Gasteiger partial charge in [-0.2, -0.15) is 0 Å². The molecule has 0 saturated carbocycles. The molecule has 126 valence electrons. The first kappa shape index (κ1) is 17.0. The lowest BCUT2D eigenvalue weighted by molar-refractivity contribution is -0.126. The fraction of sp³-hybridized carbons (Fsp3) is 0.316. The number of nitrogens with one attached hydrogen (secondary N) is 1. The van der Waals surface area contributed by atoms with Crippen LogP contribution < -0.4 is 15.8 Å². The van der Waals surface area contributed by atoms with Crippen LogP contribution >= 0.6 is 15.9 Å². The van der Waals surface area contributed by atoms with Crippen LogP contribution in [0.15, 0.2) is 46.9 Å². The number of ether oxygens (including phenoxy) is 1. The lowest BCUT2D eigenvalue weighted by Crippen LogP contribution is -2.49. The van der Waals surface area contributed by atoms with Gasteiger partial charge in [0.15, 0.2) is 0 Å². The van der Waals surface area contributed by atoms with Crippen molar-refractivity contribution in [1.82, 2.24) is 5.32 Å². The van der Waals surface area contributed by atoms with Crippen molar-refractivity contribution in [3.05, 3.63) is 63.6 Å². The molecule has 1 amide bonds. The van der Waals surface area contributed by atoms with E-state index in [0.29, 0.717) is 6.54 Å². The monoisotopic (exact) mass is 388 g/mol. The Morgan fingerprint density at radius 2 is 2.04 bits per heavy atom. The highest BCUT2D eigenvalue weighted by Gasteiger charge is 2.30. The fourth-order valence-corrected chi connectivity index (χ4v) is 3.09. The summed E-state index contributed by atoms with van der Waals surface area (Å²) >= 11 is 3.39. The number of carbonyl (C=O) groups excluding carboxylic acids is 1. The number of carbonyl (C=O) groups is 1. The molecule has 2 aromatic carbocycles. The van der Waals surface area contributed by atoms with Gasteiger partial charge >= 0.3 is 0 Å². The molecule has 5 heteroatoms. The Morgan fingerprint density at radius 1 is 1.29 bits per heavy atom. The van der Waals surface area contributed by atoms with Crippen molar-refractivity contribution in [2.45, 2.75) is 25.3 Å². The van der Waals surface area contributed by atoms with Crippen molar-refractivity contribution in [2.75, 3.05) is 13.2 Å². The summed E-state index contributed by atoms with van der Waals surface area (Å²) in [5, 5.41) is 2.95. The highest BCUT2D eigenvalue weighted by molar-refractivity contribution is 9.10. The van der Waals surface area contributed by atoms with E-state index in [1.54, 1.807) is 6.92 Å². The highest BCUT2D eigenvalue weighted by atomic mass is 79.9. The van der Waals surface area contributed by atoms with E-state index >= 15 is 0 Å². The third-order valence-corrected chi connectivity index (χ3v) is 4.90. The van der Waals surface area contributed by atoms with Gasteiger partial charge in [0, 0.05) is 17.4 Å². The average molecular weight is 389 g/mol. The molecule has 3 N–H and O–H groups in total. The molecule has 1 aliphatic heterocycles. The topological polar surface area (TPSA) is 64.4 Å². The summed E-state index contributed by atoms with van der Waals surface area (Å²) < 4.78 is 6.47. The van der Waals surface area contributed by atoms with E-state index < -0.39 is 5.54 Å². The first-order valence-corrected chi connectivity index (χ1v) is 8.84. The maximum atomic E-state index is 12.5. The molecule has 0 saturated heterocycles. The molecule has 1 atom stereocenters. The number of amides is 1. The van der Waals surface area contributed by atoms with Crippen molar-refractivity contribution in [3.63, 3.8) is 0 Å². The summed E-state index contributed by atoms with van der Waals surface area (Å²) in [7, 11) is 0. The van der Waals surface area contributed by atoms with Gasteiger partial charge < -0.3 is 15.8 Å². The normalized spacial score (nSPS) is 15.3. The Morgan fingerprint density at radius 3 is 2.79 bits per heavy atom. The van der Waals surface area contributed by atoms with Crippen LogP contribution in [0.4, 0.5) is 0 Å². The Hall–Kier alpha value is -1.85. The van der Waals surface area contributed by atoms with Crippen molar-refractivity contribution < 1.29 is 9.53 Å². The molecule has 1 unspecified atom stereocenters. The standard InChI is InChI=1S/C19H21BrN2O2/c1-19(21,15-3-5-16(20)6-4-15)18(23)22-10-8-13-2-7-17-14(12-13)9-11-24-17/h2-7,12H,8-11,21H2,1H3,(H,22,23). The van der Waals surface area contributed by atoms with Crippen molar-refractivity contribution in [1.29, 1.82) is 0 Å². The van der Waals surface area contributed by atoms with Crippen molar-refractivity contribution in [2.24, 2.45) is 5.73 Å². The van der Waals surface area contributed by atoms with E-state index in [9.17, 15) is 4.79 Å². The van der Waals surface area contributed by atoms with Crippen LogP contribution in [0.3, 0.4) is 0 Å². The first-order chi connectivity index (χ1) is 11.5. The molecule has 1 aliphatic rings. The second-order valence-electron chi connectivity index (χ2n) is 6.26. The molecular weight excluding hydrogens is 368 g/mol. The van der Waals surface area contributed by atoms with Crippen LogP contribution in [0.5, 0.6) is 5.75 Å². The average Bonchev–Trinajstić information content (AvgIpc) is 3.03. The zero-order valence-corrected chi connectivity index (χ0v) is 15.2. The van der Waals surface area contributed by atoms with Crippen molar-refractivity contribution in [3.8, 4) is 5.75 Å². The predicted octanol–water partition coefficient (Wildman–Crippen LogP) is 2.92. The molecule has 0 aliphatic carbocycles. The highest BCUT2D eigenvalue weighted by Crippen LogP contribution is 2.26. The number of rotatable bonds is 5. The number of hydrogen-bond donors (Lipinski definition) is 2. The van der Waals surface area contributed by atoms with E-state index in [4.69, 9.17) is 10.5 Å². The summed E-state index contributed by atoms with van der Waals surface area (Å²) in [5.74, 6) is 0.807. The maximum absolute atomic E-state index is 12.5. The van der Waals surface area contributed by atoms with Gasteiger partial charge in [-0.1, -0.05) is 40.2 Å². The largest absolute Gasteiger partial charge is 0.493 e. The van der Waals surface area contributed by atoms with E-state index in [2.05, 4.69) is 27.3 Å². The van der Waals surface area contributed by atoms with Crippen LogP contribution in [0.25, 0.3) is 0 Å². The quantitative estimate of drug-likeness (QED) is 0.827. The molecule has 4 nitrogen and oxygen atoms in total. The lowest BCUT2D eigenvalue weighted by Gasteiger charge is -2.24. The summed E-state index contributed by atoms with van der Waals surface area (Å²) in [6.45, 7) is 3.05. The van der Waals surface area contributed by atoms with Gasteiger partial charge in [0.2, 0.25) is 5.91 Å². The van der Waals surface area contributed by atoms with Crippen LogP contribution in [0.1, 0.15) is 23.6 Å². The minimum atomic E-state index is -1.05. The number of hydrogen-bond acceptors (Lipinski definition) is 3. The molecule has 1 heterocycles. The maximum Gasteiger partial charge on any atom is 0.244 e. The molecule has 3 rings (SSSR count). The Kier molecular flexibility index (Phi) is 4.92. The van der Waals surface area contributed by atoms with E-state index in [0.717, 1.165) is 35.2 Å². The summed E-state index contributed by atoms with van der Waals surface area (Å²) in [6, 6.07) is 13.7. The minimum absolute atomic E-state index is 0.172. The second kappa shape index (κ2) is 6.95. The van der Waals surface area contributed by atoms with Crippen LogP contribution in [0.2, 0.25) is 0 Å². The number of nitrogens with two attached hydrogens (primary N) is 1. The van der Waals surface area contributed by atoms with Gasteiger partial charge in [-0.15, -0.1) is 0 Å². The minimum Gasteiger partial charge on any atom is -0.493 e. The number of fused-ring (bicyclic) bond motifs is 1. The zero-order chi connectivity index (χ0) is 17.2. The van der Waals surface area contributed by atoms with Gasteiger partial charge in [0.25, 0.3) is 0 Å². The van der Waals surface area contributed by atoms with Gasteiger partial charge in [-0.3, -0.25) is 4.79 Å². The lowest BCUT2D eigenvalue weighted by atomic mass is 9.92.